The molecule has 0 bridgehead atoms. The average Bonchev–Trinajstić information content (AvgIpc) is 3.20. The third-order valence-electron chi connectivity index (χ3n) is 6.10. The number of fused-ring (bicyclic) bond motifs is 5. The summed E-state index contributed by atoms with van der Waals surface area (Å²) in [5.74, 6) is 0.539. The van der Waals surface area contributed by atoms with Crippen LogP contribution in [0.25, 0.3) is 22.2 Å². The number of hydrogen-bond acceptors (Lipinski definition) is 4. The number of aromatic nitrogens is 2. The number of hydrogen-bond donors (Lipinski definition) is 1. The van der Waals surface area contributed by atoms with Crippen molar-refractivity contribution in [1.29, 1.82) is 0 Å². The van der Waals surface area contributed by atoms with Crippen molar-refractivity contribution >= 4 is 10.9 Å². The highest BCUT2D eigenvalue weighted by molar-refractivity contribution is 5.95. The number of aliphatic hydroxyl groups excluding tert-OH is 1. The van der Waals surface area contributed by atoms with E-state index in [0.717, 1.165) is 27.9 Å². The van der Waals surface area contributed by atoms with Gasteiger partial charge in [0.05, 0.1) is 18.3 Å². The van der Waals surface area contributed by atoms with E-state index in [0.29, 0.717) is 12.5 Å². The number of benzene rings is 1. The molecule has 1 aliphatic heterocycles. The summed E-state index contributed by atoms with van der Waals surface area (Å²) in [4.78, 5) is 14.2. The van der Waals surface area contributed by atoms with Gasteiger partial charge in [0.15, 0.2) is 6.23 Å². The summed E-state index contributed by atoms with van der Waals surface area (Å²) in [5.41, 5.74) is 6.63. The van der Waals surface area contributed by atoms with Crippen LogP contribution in [0.5, 0.6) is 0 Å². The molecule has 1 aromatic carbocycles. The van der Waals surface area contributed by atoms with Crippen molar-refractivity contribution in [2.45, 2.75) is 50.9 Å². The monoisotopic (exact) mass is 364 g/mol. The fourth-order valence-corrected chi connectivity index (χ4v) is 4.90. The number of nitrogens with zero attached hydrogens (tertiary/aromatic N) is 2. The van der Waals surface area contributed by atoms with Crippen molar-refractivity contribution in [2.75, 3.05) is 7.11 Å². The molecule has 0 radical (unpaired) electrons. The summed E-state index contributed by atoms with van der Waals surface area (Å²) in [7, 11) is 1.52. The molecule has 3 aromatic rings. The molecular weight excluding hydrogens is 340 g/mol. The van der Waals surface area contributed by atoms with Crippen molar-refractivity contribution in [2.24, 2.45) is 0 Å². The molecule has 5 rings (SSSR count). The van der Waals surface area contributed by atoms with Crippen LogP contribution in [0.15, 0.2) is 36.7 Å². The van der Waals surface area contributed by atoms with Crippen LogP contribution in [-0.2, 0) is 16.4 Å². The SMILES string of the molecule is COOCc1ccc2c(C3CCCCC3)c3n(c2c1)C(O)c1ccncc1-3. The van der Waals surface area contributed by atoms with Gasteiger partial charge < -0.3 is 9.67 Å². The van der Waals surface area contributed by atoms with Crippen molar-refractivity contribution < 1.29 is 14.9 Å². The maximum Gasteiger partial charge on any atom is 0.158 e. The lowest BCUT2D eigenvalue weighted by Crippen LogP contribution is -2.06. The first-order chi connectivity index (χ1) is 13.3. The minimum atomic E-state index is -0.670. The van der Waals surface area contributed by atoms with Crippen molar-refractivity contribution in [3.63, 3.8) is 0 Å². The molecule has 3 heterocycles. The molecule has 0 saturated heterocycles. The summed E-state index contributed by atoms with van der Waals surface area (Å²) in [6.45, 7) is 0.385. The topological polar surface area (TPSA) is 56.5 Å². The second-order valence-corrected chi connectivity index (χ2v) is 7.58. The van der Waals surface area contributed by atoms with E-state index in [1.54, 1.807) is 6.20 Å². The van der Waals surface area contributed by atoms with Crippen molar-refractivity contribution in [3.8, 4) is 11.3 Å². The van der Waals surface area contributed by atoms with Crippen LogP contribution in [0.3, 0.4) is 0 Å². The Bertz CT molecular complexity index is 989. The Morgan fingerprint density at radius 2 is 2.04 bits per heavy atom. The van der Waals surface area contributed by atoms with Crippen LogP contribution < -0.4 is 0 Å². The average molecular weight is 364 g/mol. The van der Waals surface area contributed by atoms with Gasteiger partial charge in [0, 0.05) is 28.9 Å². The molecule has 5 heteroatoms. The standard InChI is InChI=1S/C22H24N2O3/c1-26-27-13-14-7-8-17-19(11-14)24-21(20(17)15-5-3-2-4-6-15)18-12-23-10-9-16(18)22(24)25/h7-12,15,22,25H,2-6,13H2,1H3. The van der Waals surface area contributed by atoms with E-state index in [-0.39, 0.29) is 0 Å². The molecule has 1 unspecified atom stereocenters. The van der Waals surface area contributed by atoms with Gasteiger partial charge in [0.2, 0.25) is 0 Å². The Kier molecular flexibility index (Phi) is 4.23. The van der Waals surface area contributed by atoms with E-state index in [1.165, 1.54) is 50.2 Å². The lowest BCUT2D eigenvalue weighted by molar-refractivity contribution is -0.282. The van der Waals surface area contributed by atoms with E-state index in [4.69, 9.17) is 9.78 Å². The molecule has 1 fully saturated rings. The first-order valence-electron chi connectivity index (χ1n) is 9.74. The molecule has 2 aliphatic rings. The van der Waals surface area contributed by atoms with Gasteiger partial charge in [-0.2, -0.15) is 0 Å². The Morgan fingerprint density at radius 3 is 2.85 bits per heavy atom. The Balaban J connectivity index is 1.75. The highest BCUT2D eigenvalue weighted by Gasteiger charge is 2.35. The first-order valence-corrected chi connectivity index (χ1v) is 9.74. The third kappa shape index (κ3) is 2.61. The van der Waals surface area contributed by atoms with E-state index in [2.05, 4.69) is 27.8 Å². The van der Waals surface area contributed by atoms with Gasteiger partial charge in [-0.25, -0.2) is 9.78 Å². The van der Waals surface area contributed by atoms with Crippen molar-refractivity contribution in [3.05, 3.63) is 53.3 Å². The minimum absolute atomic E-state index is 0.385. The second-order valence-electron chi connectivity index (χ2n) is 7.58. The van der Waals surface area contributed by atoms with Gasteiger partial charge in [0.25, 0.3) is 0 Å². The predicted molar refractivity (Wildman–Crippen MR) is 103 cm³/mol. The minimum Gasteiger partial charge on any atom is -0.369 e. The second kappa shape index (κ2) is 6.75. The summed E-state index contributed by atoms with van der Waals surface area (Å²) < 4.78 is 2.09. The maximum atomic E-state index is 11.1. The number of aliphatic hydroxyl groups is 1. The highest BCUT2D eigenvalue weighted by Crippen LogP contribution is 2.50. The van der Waals surface area contributed by atoms with Gasteiger partial charge in [0.1, 0.15) is 6.61 Å². The predicted octanol–water partition coefficient (Wildman–Crippen LogP) is 4.68. The van der Waals surface area contributed by atoms with E-state index < -0.39 is 6.23 Å². The van der Waals surface area contributed by atoms with Crippen LogP contribution >= 0.6 is 0 Å². The molecule has 2 aromatic heterocycles. The molecule has 1 saturated carbocycles. The lowest BCUT2D eigenvalue weighted by Gasteiger charge is -2.22. The molecule has 5 nitrogen and oxygen atoms in total. The molecular formula is C22H24N2O3. The summed E-state index contributed by atoms with van der Waals surface area (Å²) in [6, 6.07) is 8.33. The van der Waals surface area contributed by atoms with Crippen LogP contribution in [0.1, 0.15) is 60.9 Å². The summed E-state index contributed by atoms with van der Waals surface area (Å²) in [5, 5.41) is 12.3. The van der Waals surface area contributed by atoms with Crippen LogP contribution in [0.2, 0.25) is 0 Å². The molecule has 1 N–H and O–H groups in total. The molecule has 27 heavy (non-hydrogen) atoms. The number of rotatable bonds is 4. The maximum absolute atomic E-state index is 11.1. The molecule has 1 aliphatic carbocycles. The van der Waals surface area contributed by atoms with E-state index in [9.17, 15) is 5.11 Å². The van der Waals surface area contributed by atoms with Gasteiger partial charge in [-0.15, -0.1) is 0 Å². The van der Waals surface area contributed by atoms with Gasteiger partial charge in [-0.1, -0.05) is 31.4 Å². The van der Waals surface area contributed by atoms with Crippen molar-refractivity contribution in [1.82, 2.24) is 9.55 Å². The largest absolute Gasteiger partial charge is 0.369 e. The van der Waals surface area contributed by atoms with E-state index in [1.807, 2.05) is 12.3 Å². The zero-order chi connectivity index (χ0) is 18.4. The summed E-state index contributed by atoms with van der Waals surface area (Å²) in [6.07, 6.45) is 9.30. The molecule has 0 amide bonds. The Hall–Kier alpha value is -2.21. The fraction of sp³-hybridized carbons (Fsp3) is 0.409. The van der Waals surface area contributed by atoms with Gasteiger partial charge in [-0.3, -0.25) is 4.98 Å². The highest BCUT2D eigenvalue weighted by atomic mass is 17.2. The van der Waals surface area contributed by atoms with E-state index >= 15 is 0 Å². The smallest absolute Gasteiger partial charge is 0.158 e. The Labute approximate surface area is 158 Å². The molecule has 0 spiro atoms. The molecule has 140 valence electrons. The third-order valence-corrected chi connectivity index (χ3v) is 6.10. The summed E-state index contributed by atoms with van der Waals surface area (Å²) >= 11 is 0. The molecule has 1 atom stereocenters. The normalized spacial score (nSPS) is 19.4. The zero-order valence-electron chi connectivity index (χ0n) is 15.5. The lowest BCUT2D eigenvalue weighted by atomic mass is 9.82. The number of pyridine rings is 1. The van der Waals surface area contributed by atoms with Crippen LogP contribution in [0, 0.1) is 0 Å². The van der Waals surface area contributed by atoms with Gasteiger partial charge in [-0.05, 0) is 42.0 Å². The van der Waals surface area contributed by atoms with Gasteiger partial charge >= 0.3 is 0 Å². The quantitative estimate of drug-likeness (QED) is 0.539. The zero-order valence-corrected chi connectivity index (χ0v) is 15.5. The fourth-order valence-electron chi connectivity index (χ4n) is 4.90. The Morgan fingerprint density at radius 1 is 1.19 bits per heavy atom. The van der Waals surface area contributed by atoms with Crippen LogP contribution in [-0.4, -0.2) is 21.8 Å². The first kappa shape index (κ1) is 16.9. The van der Waals surface area contributed by atoms with Crippen LogP contribution in [0.4, 0.5) is 0 Å².